The molecule has 1 saturated heterocycles. The molecule has 0 unspecified atom stereocenters. The van der Waals surface area contributed by atoms with Crippen LogP contribution in [0.1, 0.15) is 30.2 Å². The first-order chi connectivity index (χ1) is 8.94. The number of carbonyl (C=O) groups is 3. The minimum absolute atomic E-state index is 0.0472. The van der Waals surface area contributed by atoms with Gasteiger partial charge in [-0.25, -0.2) is 9.78 Å². The molecule has 1 aromatic heterocycles. The number of hydrogen-bond acceptors (Lipinski definition) is 5. The monoisotopic (exact) mass is 263 g/mol. The van der Waals surface area contributed by atoms with E-state index in [0.29, 0.717) is 24.5 Å². The number of oxazole rings is 1. The lowest BCUT2D eigenvalue weighted by molar-refractivity contribution is -0.145. The Labute approximate surface area is 109 Å². The van der Waals surface area contributed by atoms with Crippen molar-refractivity contribution in [2.75, 3.05) is 0 Å². The highest BCUT2D eigenvalue weighted by Crippen LogP contribution is 2.49. The summed E-state index contributed by atoms with van der Waals surface area (Å²) >= 11 is 0. The molecule has 7 nitrogen and oxygen atoms in total. The molecular formula is C12H13N3O4. The van der Waals surface area contributed by atoms with Gasteiger partial charge < -0.3 is 4.42 Å². The van der Waals surface area contributed by atoms with Crippen molar-refractivity contribution >= 4 is 17.8 Å². The van der Waals surface area contributed by atoms with E-state index in [9.17, 15) is 14.4 Å². The zero-order chi connectivity index (χ0) is 13.8. The molecule has 2 fully saturated rings. The molecule has 1 N–H and O–H groups in total. The molecule has 1 spiro atoms. The smallest absolute Gasteiger partial charge is 0.331 e. The summed E-state index contributed by atoms with van der Waals surface area (Å²) in [6, 6.07) is -0.707. The summed E-state index contributed by atoms with van der Waals surface area (Å²) in [5.74, 6) is 0.00833. The van der Waals surface area contributed by atoms with E-state index in [2.05, 4.69) is 10.3 Å². The van der Waals surface area contributed by atoms with Gasteiger partial charge in [-0.05, 0) is 26.7 Å². The SMILES string of the molecule is Cc1nc(CN2C(=O)NC(=O)C3(CC3)C2=O)oc1C. The fourth-order valence-corrected chi connectivity index (χ4v) is 2.18. The number of aryl methyl sites for hydroxylation is 2. The van der Waals surface area contributed by atoms with Crippen LogP contribution in [-0.2, 0) is 16.1 Å². The van der Waals surface area contributed by atoms with Gasteiger partial charge in [-0.1, -0.05) is 0 Å². The van der Waals surface area contributed by atoms with Gasteiger partial charge >= 0.3 is 6.03 Å². The van der Waals surface area contributed by atoms with Crippen molar-refractivity contribution in [2.24, 2.45) is 5.41 Å². The Morgan fingerprint density at radius 1 is 1.32 bits per heavy atom. The predicted octanol–water partition coefficient (Wildman–Crippen LogP) is 0.650. The zero-order valence-corrected chi connectivity index (χ0v) is 10.6. The highest BCUT2D eigenvalue weighted by atomic mass is 16.4. The van der Waals surface area contributed by atoms with Crippen molar-refractivity contribution in [3.63, 3.8) is 0 Å². The molecule has 0 radical (unpaired) electrons. The number of aromatic nitrogens is 1. The van der Waals surface area contributed by atoms with Crippen LogP contribution in [0.3, 0.4) is 0 Å². The van der Waals surface area contributed by atoms with Crippen LogP contribution in [-0.4, -0.2) is 27.7 Å². The number of nitrogens with one attached hydrogen (secondary N) is 1. The summed E-state index contributed by atoms with van der Waals surface area (Å²) in [4.78, 5) is 40.7. The molecule has 19 heavy (non-hydrogen) atoms. The van der Waals surface area contributed by atoms with E-state index in [0.717, 1.165) is 10.6 Å². The summed E-state index contributed by atoms with van der Waals surface area (Å²) in [5.41, 5.74) is -0.304. The van der Waals surface area contributed by atoms with Crippen molar-refractivity contribution in [3.8, 4) is 0 Å². The molecule has 0 atom stereocenters. The van der Waals surface area contributed by atoms with Crippen LogP contribution in [0.2, 0.25) is 0 Å². The number of carbonyl (C=O) groups excluding carboxylic acids is 3. The lowest BCUT2D eigenvalue weighted by atomic mass is 10.0. The Balaban J connectivity index is 1.85. The van der Waals surface area contributed by atoms with E-state index in [1.807, 2.05) is 0 Å². The van der Waals surface area contributed by atoms with E-state index in [1.165, 1.54) is 0 Å². The Bertz CT molecular complexity index is 581. The second-order valence-electron chi connectivity index (χ2n) is 4.98. The summed E-state index contributed by atoms with van der Waals surface area (Å²) < 4.78 is 5.36. The molecule has 1 aliphatic heterocycles. The molecule has 100 valence electrons. The van der Waals surface area contributed by atoms with Crippen molar-refractivity contribution in [1.82, 2.24) is 15.2 Å². The largest absolute Gasteiger partial charge is 0.444 e. The van der Waals surface area contributed by atoms with Gasteiger partial charge in [0.15, 0.2) is 0 Å². The molecule has 1 saturated carbocycles. The standard InChI is InChI=1S/C12H13N3O4/c1-6-7(2)19-8(13-6)5-15-10(17)12(3-4-12)9(16)14-11(15)18/h3-5H2,1-2H3,(H,14,16,18). The molecule has 0 aromatic carbocycles. The zero-order valence-electron chi connectivity index (χ0n) is 10.6. The number of amides is 4. The Kier molecular flexibility index (Phi) is 2.29. The van der Waals surface area contributed by atoms with Gasteiger partial charge in [0.1, 0.15) is 17.7 Å². The molecule has 1 aromatic rings. The highest BCUT2D eigenvalue weighted by molar-refractivity contribution is 6.20. The van der Waals surface area contributed by atoms with Crippen LogP contribution >= 0.6 is 0 Å². The van der Waals surface area contributed by atoms with E-state index >= 15 is 0 Å². The molecule has 2 aliphatic rings. The van der Waals surface area contributed by atoms with Crippen LogP contribution in [0, 0.1) is 19.3 Å². The first kappa shape index (κ1) is 11.9. The quantitative estimate of drug-likeness (QED) is 0.791. The van der Waals surface area contributed by atoms with Crippen molar-refractivity contribution < 1.29 is 18.8 Å². The third-order valence-electron chi connectivity index (χ3n) is 3.67. The number of urea groups is 1. The topological polar surface area (TPSA) is 92.5 Å². The number of nitrogens with zero attached hydrogens (tertiary/aromatic N) is 2. The lowest BCUT2D eigenvalue weighted by Gasteiger charge is -2.29. The highest BCUT2D eigenvalue weighted by Gasteiger charge is 2.62. The number of hydrogen-bond donors (Lipinski definition) is 1. The minimum Gasteiger partial charge on any atom is -0.444 e. The van der Waals surface area contributed by atoms with Gasteiger partial charge in [-0.15, -0.1) is 0 Å². The Hall–Kier alpha value is -2.18. The van der Waals surface area contributed by atoms with Crippen LogP contribution in [0.15, 0.2) is 4.42 Å². The fourth-order valence-electron chi connectivity index (χ4n) is 2.18. The summed E-state index contributed by atoms with van der Waals surface area (Å²) in [5, 5.41) is 2.21. The number of barbiturate groups is 1. The molecule has 7 heteroatoms. The average molecular weight is 263 g/mol. The minimum atomic E-state index is -1.02. The number of imide groups is 2. The van der Waals surface area contributed by atoms with E-state index in [4.69, 9.17) is 4.42 Å². The van der Waals surface area contributed by atoms with Gasteiger partial charge in [0.25, 0.3) is 0 Å². The van der Waals surface area contributed by atoms with Gasteiger partial charge in [0.2, 0.25) is 17.7 Å². The van der Waals surface area contributed by atoms with Crippen LogP contribution in [0.5, 0.6) is 0 Å². The second-order valence-corrected chi connectivity index (χ2v) is 4.98. The fraction of sp³-hybridized carbons (Fsp3) is 0.500. The average Bonchev–Trinajstić information content (AvgIpc) is 3.08. The van der Waals surface area contributed by atoms with E-state index in [1.54, 1.807) is 13.8 Å². The maximum atomic E-state index is 12.2. The molecule has 2 heterocycles. The first-order valence-corrected chi connectivity index (χ1v) is 6.04. The lowest BCUT2D eigenvalue weighted by Crippen LogP contribution is -2.58. The van der Waals surface area contributed by atoms with Crippen LogP contribution in [0.25, 0.3) is 0 Å². The van der Waals surface area contributed by atoms with Crippen LogP contribution < -0.4 is 5.32 Å². The summed E-state index contributed by atoms with van der Waals surface area (Å²) in [7, 11) is 0. The van der Waals surface area contributed by atoms with Gasteiger partial charge in [0, 0.05) is 0 Å². The van der Waals surface area contributed by atoms with Gasteiger partial charge in [0.05, 0.1) is 5.69 Å². The van der Waals surface area contributed by atoms with Gasteiger partial charge in [-0.3, -0.25) is 19.8 Å². The molecule has 1 aliphatic carbocycles. The second kappa shape index (κ2) is 3.66. The van der Waals surface area contributed by atoms with Crippen molar-refractivity contribution in [3.05, 3.63) is 17.3 Å². The van der Waals surface area contributed by atoms with E-state index in [-0.39, 0.29) is 6.54 Å². The van der Waals surface area contributed by atoms with Gasteiger partial charge in [-0.2, -0.15) is 0 Å². The Morgan fingerprint density at radius 2 is 2.00 bits per heavy atom. The first-order valence-electron chi connectivity index (χ1n) is 6.04. The predicted molar refractivity (Wildman–Crippen MR) is 61.7 cm³/mol. The van der Waals surface area contributed by atoms with Crippen LogP contribution in [0.4, 0.5) is 4.79 Å². The molecule has 4 amide bonds. The molecular weight excluding hydrogens is 250 g/mol. The molecule has 3 rings (SSSR count). The third-order valence-corrected chi connectivity index (χ3v) is 3.67. The Morgan fingerprint density at radius 3 is 2.53 bits per heavy atom. The van der Waals surface area contributed by atoms with Crippen molar-refractivity contribution in [2.45, 2.75) is 33.2 Å². The van der Waals surface area contributed by atoms with E-state index < -0.39 is 23.3 Å². The maximum absolute atomic E-state index is 12.2. The summed E-state index contributed by atoms with van der Waals surface area (Å²) in [6.07, 6.45) is 0.982. The molecule has 0 bridgehead atoms. The maximum Gasteiger partial charge on any atom is 0.331 e. The third kappa shape index (κ3) is 1.65. The normalized spacial score (nSPS) is 20.9. The summed E-state index contributed by atoms with van der Waals surface area (Å²) in [6.45, 7) is 3.50. The van der Waals surface area contributed by atoms with Crippen molar-refractivity contribution in [1.29, 1.82) is 0 Å². The number of rotatable bonds is 2.